The molecule has 0 amide bonds. The Morgan fingerprint density at radius 1 is 1.22 bits per heavy atom. The zero-order valence-corrected chi connectivity index (χ0v) is 11.3. The predicted molar refractivity (Wildman–Crippen MR) is 73.8 cm³/mol. The van der Waals surface area contributed by atoms with Crippen LogP contribution in [-0.4, -0.2) is 21.3 Å². The van der Waals surface area contributed by atoms with E-state index in [1.165, 1.54) is 11.3 Å². The second-order valence-electron chi connectivity index (χ2n) is 4.65. The number of rotatable bonds is 5. The Morgan fingerprint density at radius 3 is 2.72 bits per heavy atom. The lowest BCUT2D eigenvalue weighted by Crippen LogP contribution is -2.09. The Balaban J connectivity index is 1.78. The minimum atomic E-state index is 0.912. The van der Waals surface area contributed by atoms with Gasteiger partial charge in [0.05, 0.1) is 5.69 Å². The SMILES string of the molecule is Cc1ccnc(NCCCn2nc(C)cc2C)c1. The fourth-order valence-corrected chi connectivity index (χ4v) is 1.98. The Hall–Kier alpha value is -1.84. The molecule has 0 aliphatic heterocycles. The predicted octanol–water partition coefficient (Wildman–Crippen LogP) is 2.71. The summed E-state index contributed by atoms with van der Waals surface area (Å²) in [7, 11) is 0. The molecule has 18 heavy (non-hydrogen) atoms. The van der Waals surface area contributed by atoms with Gasteiger partial charge >= 0.3 is 0 Å². The van der Waals surface area contributed by atoms with E-state index in [-0.39, 0.29) is 0 Å². The fourth-order valence-electron chi connectivity index (χ4n) is 1.98. The first-order valence-corrected chi connectivity index (χ1v) is 6.33. The van der Waals surface area contributed by atoms with Crippen LogP contribution < -0.4 is 5.32 Å². The van der Waals surface area contributed by atoms with Gasteiger partial charge in [-0.15, -0.1) is 0 Å². The summed E-state index contributed by atoms with van der Waals surface area (Å²) in [6.07, 6.45) is 2.87. The Morgan fingerprint density at radius 2 is 2.06 bits per heavy atom. The van der Waals surface area contributed by atoms with Crippen molar-refractivity contribution in [3.05, 3.63) is 41.3 Å². The summed E-state index contributed by atoms with van der Waals surface area (Å²) >= 11 is 0. The zero-order chi connectivity index (χ0) is 13.0. The van der Waals surface area contributed by atoms with E-state index in [1.54, 1.807) is 0 Å². The van der Waals surface area contributed by atoms with Crippen molar-refractivity contribution in [2.75, 3.05) is 11.9 Å². The number of hydrogen-bond donors (Lipinski definition) is 1. The maximum atomic E-state index is 4.44. The van der Waals surface area contributed by atoms with Gasteiger partial charge in [0.15, 0.2) is 0 Å². The highest BCUT2D eigenvalue weighted by atomic mass is 15.3. The van der Waals surface area contributed by atoms with Crippen molar-refractivity contribution in [1.29, 1.82) is 0 Å². The van der Waals surface area contributed by atoms with Crippen LogP contribution in [0.2, 0.25) is 0 Å². The van der Waals surface area contributed by atoms with Crippen molar-refractivity contribution in [2.45, 2.75) is 33.7 Å². The lowest BCUT2D eigenvalue weighted by molar-refractivity contribution is 0.573. The third kappa shape index (κ3) is 3.32. The van der Waals surface area contributed by atoms with E-state index in [0.29, 0.717) is 0 Å². The first-order chi connectivity index (χ1) is 8.65. The molecule has 0 unspecified atom stereocenters. The zero-order valence-electron chi connectivity index (χ0n) is 11.3. The third-order valence-electron chi connectivity index (χ3n) is 2.87. The summed E-state index contributed by atoms with van der Waals surface area (Å²) < 4.78 is 2.06. The second-order valence-corrected chi connectivity index (χ2v) is 4.65. The van der Waals surface area contributed by atoms with E-state index in [9.17, 15) is 0 Å². The molecule has 0 saturated carbocycles. The van der Waals surface area contributed by atoms with Gasteiger partial charge in [0.25, 0.3) is 0 Å². The van der Waals surface area contributed by atoms with Gasteiger partial charge in [0.2, 0.25) is 0 Å². The second kappa shape index (κ2) is 5.67. The summed E-state index contributed by atoms with van der Waals surface area (Å²) in [6.45, 7) is 8.05. The van der Waals surface area contributed by atoms with Crippen LogP contribution in [0.5, 0.6) is 0 Å². The molecule has 1 N–H and O–H groups in total. The molecule has 0 aromatic carbocycles. The topological polar surface area (TPSA) is 42.7 Å². The van der Waals surface area contributed by atoms with Crippen LogP contribution in [0.4, 0.5) is 5.82 Å². The van der Waals surface area contributed by atoms with Crippen LogP contribution in [0, 0.1) is 20.8 Å². The molecule has 0 atom stereocenters. The number of nitrogens with zero attached hydrogens (tertiary/aromatic N) is 3. The maximum Gasteiger partial charge on any atom is 0.126 e. The van der Waals surface area contributed by atoms with Gasteiger partial charge < -0.3 is 5.32 Å². The van der Waals surface area contributed by atoms with Crippen molar-refractivity contribution < 1.29 is 0 Å². The van der Waals surface area contributed by atoms with Crippen LogP contribution in [0.25, 0.3) is 0 Å². The maximum absolute atomic E-state index is 4.44. The number of nitrogens with one attached hydrogen (secondary N) is 1. The standard InChI is InChI=1S/C14H20N4/c1-11-5-7-16-14(9-11)15-6-4-8-18-13(3)10-12(2)17-18/h5,7,9-10H,4,6,8H2,1-3H3,(H,15,16). The lowest BCUT2D eigenvalue weighted by atomic mass is 10.3. The average Bonchev–Trinajstić information content (AvgIpc) is 2.64. The van der Waals surface area contributed by atoms with E-state index < -0.39 is 0 Å². The van der Waals surface area contributed by atoms with Crippen LogP contribution >= 0.6 is 0 Å². The molecule has 4 heteroatoms. The van der Waals surface area contributed by atoms with Gasteiger partial charge in [-0.1, -0.05) is 0 Å². The number of hydrogen-bond acceptors (Lipinski definition) is 3. The number of aromatic nitrogens is 3. The molecule has 2 aromatic rings. The smallest absolute Gasteiger partial charge is 0.126 e. The van der Waals surface area contributed by atoms with E-state index in [0.717, 1.165) is 31.0 Å². The van der Waals surface area contributed by atoms with Crippen molar-refractivity contribution in [3.63, 3.8) is 0 Å². The summed E-state index contributed by atoms with van der Waals surface area (Å²) in [5.41, 5.74) is 3.54. The Labute approximate surface area is 108 Å². The first kappa shape index (κ1) is 12.6. The van der Waals surface area contributed by atoms with E-state index in [1.807, 2.05) is 19.2 Å². The highest BCUT2D eigenvalue weighted by Crippen LogP contribution is 2.06. The molecule has 2 rings (SSSR count). The average molecular weight is 244 g/mol. The molecular formula is C14H20N4. The molecule has 0 fully saturated rings. The van der Waals surface area contributed by atoms with Gasteiger partial charge in [0.1, 0.15) is 5.82 Å². The third-order valence-corrected chi connectivity index (χ3v) is 2.87. The van der Waals surface area contributed by atoms with Gasteiger partial charge in [-0.05, 0) is 51.0 Å². The molecule has 0 aliphatic carbocycles. The quantitative estimate of drug-likeness (QED) is 0.822. The lowest BCUT2D eigenvalue weighted by Gasteiger charge is -2.07. The summed E-state index contributed by atoms with van der Waals surface area (Å²) in [4.78, 5) is 4.27. The number of pyridine rings is 1. The normalized spacial score (nSPS) is 10.6. The van der Waals surface area contributed by atoms with E-state index in [2.05, 4.69) is 46.1 Å². The van der Waals surface area contributed by atoms with Crippen molar-refractivity contribution in [2.24, 2.45) is 0 Å². The van der Waals surface area contributed by atoms with Gasteiger partial charge in [0, 0.05) is 25.0 Å². The van der Waals surface area contributed by atoms with Crippen molar-refractivity contribution in [3.8, 4) is 0 Å². The minimum absolute atomic E-state index is 0.912. The monoisotopic (exact) mass is 244 g/mol. The van der Waals surface area contributed by atoms with E-state index >= 15 is 0 Å². The summed E-state index contributed by atoms with van der Waals surface area (Å²) in [5.74, 6) is 0.948. The molecule has 96 valence electrons. The summed E-state index contributed by atoms with van der Waals surface area (Å²) in [5, 5.41) is 7.77. The van der Waals surface area contributed by atoms with E-state index in [4.69, 9.17) is 0 Å². The first-order valence-electron chi connectivity index (χ1n) is 6.33. The minimum Gasteiger partial charge on any atom is -0.370 e. The van der Waals surface area contributed by atoms with Crippen LogP contribution in [0.15, 0.2) is 24.4 Å². The van der Waals surface area contributed by atoms with Crippen molar-refractivity contribution in [1.82, 2.24) is 14.8 Å². The number of aryl methyl sites for hydroxylation is 4. The molecule has 0 radical (unpaired) electrons. The van der Waals surface area contributed by atoms with Crippen LogP contribution in [0.3, 0.4) is 0 Å². The molecule has 2 heterocycles. The van der Waals surface area contributed by atoms with Crippen molar-refractivity contribution >= 4 is 5.82 Å². The van der Waals surface area contributed by atoms with Gasteiger partial charge in [-0.3, -0.25) is 4.68 Å². The molecule has 0 spiro atoms. The summed E-state index contributed by atoms with van der Waals surface area (Å²) in [6, 6.07) is 6.17. The largest absolute Gasteiger partial charge is 0.370 e. The molecule has 4 nitrogen and oxygen atoms in total. The molecule has 0 aliphatic rings. The Bertz CT molecular complexity index is 516. The Kier molecular flexibility index (Phi) is 3.97. The van der Waals surface area contributed by atoms with Crippen LogP contribution in [-0.2, 0) is 6.54 Å². The van der Waals surface area contributed by atoms with Gasteiger partial charge in [-0.2, -0.15) is 5.10 Å². The molecule has 0 bridgehead atoms. The highest BCUT2D eigenvalue weighted by Gasteiger charge is 2.00. The molecular weight excluding hydrogens is 224 g/mol. The molecule has 0 saturated heterocycles. The van der Waals surface area contributed by atoms with Crippen LogP contribution in [0.1, 0.15) is 23.4 Å². The number of anilines is 1. The molecule has 2 aromatic heterocycles. The highest BCUT2D eigenvalue weighted by molar-refractivity contribution is 5.36. The fraction of sp³-hybridized carbons (Fsp3) is 0.429. The van der Waals surface area contributed by atoms with Gasteiger partial charge in [-0.25, -0.2) is 4.98 Å².